The molecule has 2 unspecified atom stereocenters. The van der Waals surface area contributed by atoms with Crippen molar-refractivity contribution in [2.45, 2.75) is 52.1 Å². The van der Waals surface area contributed by atoms with E-state index < -0.39 is 12.1 Å². The average Bonchev–Trinajstić information content (AvgIpc) is 2.93. The molecule has 116 valence electrons. The maximum Gasteiger partial charge on any atom is 0.245 e. The van der Waals surface area contributed by atoms with E-state index in [1.165, 1.54) is 6.39 Å². The lowest BCUT2D eigenvalue weighted by Crippen LogP contribution is -2.63. The lowest BCUT2D eigenvalue weighted by molar-refractivity contribution is -0.149. The molecule has 0 aromatic carbocycles. The number of amides is 2. The van der Waals surface area contributed by atoms with Crippen LogP contribution >= 0.6 is 0 Å². The monoisotopic (exact) mass is 294 g/mol. The maximum absolute atomic E-state index is 12.6. The van der Waals surface area contributed by atoms with Gasteiger partial charge in [0.05, 0.1) is 0 Å². The first-order chi connectivity index (χ1) is 10.0. The summed E-state index contributed by atoms with van der Waals surface area (Å²) < 4.78 is 4.69. The van der Waals surface area contributed by atoms with Gasteiger partial charge in [0, 0.05) is 13.0 Å². The zero-order chi connectivity index (χ0) is 15.4. The smallest absolute Gasteiger partial charge is 0.245 e. The SMILES string of the molecule is CCC1C(=O)NC(CC(C)C)C(=O)N1CCc1ncon1. The van der Waals surface area contributed by atoms with Gasteiger partial charge in [-0.3, -0.25) is 9.59 Å². The second kappa shape index (κ2) is 6.69. The normalized spacial score (nSPS) is 22.8. The van der Waals surface area contributed by atoms with Crippen LogP contribution in [0, 0.1) is 5.92 Å². The van der Waals surface area contributed by atoms with E-state index in [-0.39, 0.29) is 11.8 Å². The van der Waals surface area contributed by atoms with Crippen LogP contribution < -0.4 is 5.32 Å². The van der Waals surface area contributed by atoms with Gasteiger partial charge in [-0.05, 0) is 18.8 Å². The third-order valence-corrected chi connectivity index (χ3v) is 3.65. The Hall–Kier alpha value is -1.92. The Morgan fingerprint density at radius 3 is 2.76 bits per heavy atom. The van der Waals surface area contributed by atoms with Crippen molar-refractivity contribution in [1.82, 2.24) is 20.4 Å². The highest BCUT2D eigenvalue weighted by Gasteiger charge is 2.39. The van der Waals surface area contributed by atoms with E-state index in [1.807, 2.05) is 20.8 Å². The molecule has 21 heavy (non-hydrogen) atoms. The van der Waals surface area contributed by atoms with Gasteiger partial charge in [0.1, 0.15) is 12.1 Å². The molecule has 1 aromatic rings. The van der Waals surface area contributed by atoms with Crippen LogP contribution in [0.1, 0.15) is 39.4 Å². The summed E-state index contributed by atoms with van der Waals surface area (Å²) in [5.74, 6) is 0.801. The first kappa shape index (κ1) is 15.5. The van der Waals surface area contributed by atoms with Crippen molar-refractivity contribution in [2.24, 2.45) is 5.92 Å². The van der Waals surface area contributed by atoms with Crippen LogP contribution in [0.25, 0.3) is 0 Å². The summed E-state index contributed by atoms with van der Waals surface area (Å²) in [6, 6.07) is -0.835. The fourth-order valence-electron chi connectivity index (χ4n) is 2.65. The van der Waals surface area contributed by atoms with Crippen molar-refractivity contribution in [3.63, 3.8) is 0 Å². The van der Waals surface area contributed by atoms with E-state index in [0.717, 1.165) is 0 Å². The van der Waals surface area contributed by atoms with Crippen LogP contribution in [0.4, 0.5) is 0 Å². The Morgan fingerprint density at radius 1 is 1.43 bits per heavy atom. The average molecular weight is 294 g/mol. The van der Waals surface area contributed by atoms with Crippen LogP contribution in [0.15, 0.2) is 10.9 Å². The summed E-state index contributed by atoms with van der Waals surface area (Å²) in [6.07, 6.45) is 3.00. The fourth-order valence-corrected chi connectivity index (χ4v) is 2.65. The van der Waals surface area contributed by atoms with Crippen LogP contribution in [0.2, 0.25) is 0 Å². The maximum atomic E-state index is 12.6. The Kier molecular flexibility index (Phi) is 4.93. The number of rotatable bonds is 6. The van der Waals surface area contributed by atoms with Gasteiger partial charge in [0.25, 0.3) is 0 Å². The Bertz CT molecular complexity index is 486. The molecule has 1 fully saturated rings. The van der Waals surface area contributed by atoms with Crippen LogP contribution in [-0.4, -0.2) is 45.5 Å². The van der Waals surface area contributed by atoms with Crippen LogP contribution in [-0.2, 0) is 16.0 Å². The molecule has 1 aliphatic rings. The van der Waals surface area contributed by atoms with E-state index in [4.69, 9.17) is 0 Å². The molecule has 1 aliphatic heterocycles. The van der Waals surface area contributed by atoms with Crippen molar-refractivity contribution in [3.8, 4) is 0 Å². The van der Waals surface area contributed by atoms with Gasteiger partial charge >= 0.3 is 0 Å². The predicted octanol–water partition coefficient (Wildman–Crippen LogP) is 0.764. The number of nitrogens with one attached hydrogen (secondary N) is 1. The van der Waals surface area contributed by atoms with Gasteiger partial charge in [-0.15, -0.1) is 0 Å². The first-order valence-electron chi connectivity index (χ1n) is 7.39. The number of hydrogen-bond acceptors (Lipinski definition) is 5. The molecular weight excluding hydrogens is 272 g/mol. The van der Waals surface area contributed by atoms with Crippen molar-refractivity contribution < 1.29 is 14.1 Å². The van der Waals surface area contributed by atoms with E-state index in [1.54, 1.807) is 4.90 Å². The van der Waals surface area contributed by atoms with Gasteiger partial charge in [0.2, 0.25) is 18.2 Å². The van der Waals surface area contributed by atoms with Gasteiger partial charge in [0.15, 0.2) is 5.82 Å². The molecule has 2 heterocycles. The minimum absolute atomic E-state index is 0.0151. The first-order valence-corrected chi connectivity index (χ1v) is 7.39. The molecule has 2 atom stereocenters. The summed E-state index contributed by atoms with van der Waals surface area (Å²) in [5, 5.41) is 6.58. The van der Waals surface area contributed by atoms with Crippen LogP contribution in [0.3, 0.4) is 0 Å². The Morgan fingerprint density at radius 2 is 2.19 bits per heavy atom. The number of aromatic nitrogens is 2. The van der Waals surface area contributed by atoms with Crippen molar-refractivity contribution >= 4 is 11.8 Å². The van der Waals surface area contributed by atoms with E-state index in [0.29, 0.717) is 37.5 Å². The lowest BCUT2D eigenvalue weighted by atomic mass is 9.97. The molecule has 1 saturated heterocycles. The minimum atomic E-state index is -0.425. The zero-order valence-electron chi connectivity index (χ0n) is 12.7. The second-order valence-corrected chi connectivity index (χ2v) is 5.74. The highest BCUT2D eigenvalue weighted by molar-refractivity contribution is 5.96. The van der Waals surface area contributed by atoms with Crippen molar-refractivity contribution in [2.75, 3.05) is 6.54 Å². The van der Waals surface area contributed by atoms with Gasteiger partial charge in [-0.25, -0.2) is 0 Å². The lowest BCUT2D eigenvalue weighted by Gasteiger charge is -2.39. The van der Waals surface area contributed by atoms with E-state index >= 15 is 0 Å². The molecule has 0 bridgehead atoms. The molecule has 0 radical (unpaired) electrons. The standard InChI is InChI=1S/C14H22N4O3/c1-4-11-13(19)16-10(7-9(2)3)14(20)18(11)6-5-12-15-8-21-17-12/h8-11H,4-7H2,1-3H3,(H,16,19). The summed E-state index contributed by atoms with van der Waals surface area (Å²) in [5.41, 5.74) is 0. The molecule has 0 saturated carbocycles. The number of carbonyl (C=O) groups is 2. The van der Waals surface area contributed by atoms with E-state index in [9.17, 15) is 9.59 Å². The summed E-state index contributed by atoms with van der Waals surface area (Å²) in [4.78, 5) is 30.4. The van der Waals surface area contributed by atoms with E-state index in [2.05, 4.69) is 20.0 Å². The third-order valence-electron chi connectivity index (χ3n) is 3.65. The topological polar surface area (TPSA) is 88.3 Å². The molecule has 7 heteroatoms. The molecule has 1 aromatic heterocycles. The fraction of sp³-hybridized carbons (Fsp3) is 0.714. The predicted molar refractivity (Wildman–Crippen MR) is 75.2 cm³/mol. The van der Waals surface area contributed by atoms with Gasteiger partial charge in [-0.2, -0.15) is 4.98 Å². The molecule has 2 amide bonds. The molecular formula is C14H22N4O3. The Balaban J connectivity index is 2.08. The number of carbonyl (C=O) groups excluding carboxylic acids is 2. The highest BCUT2D eigenvalue weighted by Crippen LogP contribution is 2.18. The number of hydrogen-bond donors (Lipinski definition) is 1. The van der Waals surface area contributed by atoms with Crippen molar-refractivity contribution in [1.29, 1.82) is 0 Å². The summed E-state index contributed by atoms with van der Waals surface area (Å²) in [7, 11) is 0. The molecule has 0 spiro atoms. The zero-order valence-corrected chi connectivity index (χ0v) is 12.7. The van der Waals surface area contributed by atoms with Gasteiger partial charge in [-0.1, -0.05) is 25.9 Å². The number of piperazine rings is 1. The summed E-state index contributed by atoms with van der Waals surface area (Å²) in [6.45, 7) is 6.41. The molecule has 0 aliphatic carbocycles. The largest absolute Gasteiger partial charge is 0.343 e. The minimum Gasteiger partial charge on any atom is -0.343 e. The molecule has 1 N–H and O–H groups in total. The third kappa shape index (κ3) is 3.59. The van der Waals surface area contributed by atoms with Gasteiger partial charge < -0.3 is 14.7 Å². The Labute approximate surface area is 124 Å². The van der Waals surface area contributed by atoms with Crippen molar-refractivity contribution in [3.05, 3.63) is 12.2 Å². The van der Waals surface area contributed by atoms with Crippen LogP contribution in [0.5, 0.6) is 0 Å². The molecule has 2 rings (SSSR count). The summed E-state index contributed by atoms with van der Waals surface area (Å²) >= 11 is 0. The quantitative estimate of drug-likeness (QED) is 0.837. The molecule has 7 nitrogen and oxygen atoms in total. The highest BCUT2D eigenvalue weighted by atomic mass is 16.5. The second-order valence-electron chi connectivity index (χ2n) is 5.74. The number of nitrogens with zero attached hydrogens (tertiary/aromatic N) is 3.